The van der Waals surface area contributed by atoms with Crippen molar-refractivity contribution in [2.45, 2.75) is 4.90 Å². The molecule has 0 atom stereocenters. The average molecular weight is 229 g/mol. The minimum atomic E-state index is 0.498. The van der Waals surface area contributed by atoms with E-state index in [1.54, 1.807) is 6.07 Å². The molecule has 0 N–H and O–H groups in total. The zero-order valence-electron chi connectivity index (χ0n) is 6.45. The number of hydrogen-bond acceptors (Lipinski definition) is 3. The highest BCUT2D eigenvalue weighted by atomic mass is 35.5. The van der Waals surface area contributed by atoms with Crippen LogP contribution in [0.2, 0.25) is 5.02 Å². The highest BCUT2D eigenvalue weighted by Gasteiger charge is 2.08. The van der Waals surface area contributed by atoms with Crippen molar-refractivity contribution in [1.29, 1.82) is 0 Å². The molecular formula is C9H5ClOS2. The standard InChI is InChI=1S/C9H5ClOS2/c10-7-2-1-5-8(12)4-13-9(5)6(7)3-11/h1-4,12H. The lowest BCUT2D eigenvalue weighted by molar-refractivity contribution is 0.112. The van der Waals surface area contributed by atoms with Crippen LogP contribution in [0, 0.1) is 0 Å². The predicted octanol–water partition coefficient (Wildman–Crippen LogP) is 3.66. The molecule has 13 heavy (non-hydrogen) atoms. The molecule has 4 heteroatoms. The second-order valence-electron chi connectivity index (χ2n) is 2.58. The van der Waals surface area contributed by atoms with Crippen molar-refractivity contribution >= 4 is 51.9 Å². The van der Waals surface area contributed by atoms with Crippen molar-refractivity contribution in [3.05, 3.63) is 28.1 Å². The van der Waals surface area contributed by atoms with Crippen LogP contribution in [0.4, 0.5) is 0 Å². The first-order valence-electron chi connectivity index (χ1n) is 3.58. The summed E-state index contributed by atoms with van der Waals surface area (Å²) in [7, 11) is 0. The Morgan fingerprint density at radius 2 is 2.23 bits per heavy atom. The van der Waals surface area contributed by atoms with Crippen LogP contribution in [0.5, 0.6) is 0 Å². The molecular weight excluding hydrogens is 224 g/mol. The van der Waals surface area contributed by atoms with E-state index in [4.69, 9.17) is 11.6 Å². The molecule has 0 amide bonds. The molecule has 0 spiro atoms. The fourth-order valence-electron chi connectivity index (χ4n) is 1.19. The molecule has 2 aromatic rings. The molecule has 1 nitrogen and oxygen atoms in total. The van der Waals surface area contributed by atoms with Gasteiger partial charge in [0.2, 0.25) is 0 Å². The topological polar surface area (TPSA) is 17.1 Å². The Balaban J connectivity index is 2.92. The molecule has 0 saturated heterocycles. The summed E-state index contributed by atoms with van der Waals surface area (Å²) in [6.07, 6.45) is 0.786. The smallest absolute Gasteiger partial charge is 0.152 e. The highest BCUT2D eigenvalue weighted by molar-refractivity contribution is 7.80. The minimum Gasteiger partial charge on any atom is -0.298 e. The number of rotatable bonds is 1. The lowest BCUT2D eigenvalue weighted by Crippen LogP contribution is -1.81. The van der Waals surface area contributed by atoms with E-state index in [9.17, 15) is 4.79 Å². The average Bonchev–Trinajstić information content (AvgIpc) is 2.48. The first-order valence-corrected chi connectivity index (χ1v) is 5.28. The van der Waals surface area contributed by atoms with Crippen LogP contribution in [0.15, 0.2) is 22.4 Å². The molecule has 2 rings (SSSR count). The predicted molar refractivity (Wildman–Crippen MR) is 59.5 cm³/mol. The molecule has 0 aliphatic heterocycles. The maximum Gasteiger partial charge on any atom is 0.152 e. The van der Waals surface area contributed by atoms with Gasteiger partial charge in [-0.3, -0.25) is 4.79 Å². The molecule has 66 valence electrons. The Morgan fingerprint density at radius 1 is 1.46 bits per heavy atom. The summed E-state index contributed by atoms with van der Waals surface area (Å²) in [6.45, 7) is 0. The van der Waals surface area contributed by atoms with E-state index in [2.05, 4.69) is 12.6 Å². The third-order valence-corrected chi connectivity index (χ3v) is 3.73. The van der Waals surface area contributed by atoms with Crippen LogP contribution in [0.25, 0.3) is 10.1 Å². The quantitative estimate of drug-likeness (QED) is 0.582. The molecule has 0 aliphatic carbocycles. The van der Waals surface area contributed by atoms with E-state index in [0.717, 1.165) is 21.3 Å². The van der Waals surface area contributed by atoms with E-state index in [-0.39, 0.29) is 0 Å². The summed E-state index contributed by atoms with van der Waals surface area (Å²) in [5.74, 6) is 0. The number of benzene rings is 1. The number of aldehydes is 1. The third kappa shape index (κ3) is 1.37. The number of thiol groups is 1. The number of carbonyl (C=O) groups is 1. The maximum absolute atomic E-state index is 10.7. The molecule has 1 aromatic heterocycles. The Bertz CT molecular complexity index is 476. The third-order valence-electron chi connectivity index (χ3n) is 1.83. The summed E-state index contributed by atoms with van der Waals surface area (Å²) < 4.78 is 0.910. The van der Waals surface area contributed by atoms with E-state index in [1.165, 1.54) is 11.3 Å². The molecule has 1 heterocycles. The Morgan fingerprint density at radius 3 is 2.92 bits per heavy atom. The highest BCUT2D eigenvalue weighted by Crippen LogP contribution is 2.33. The Hall–Kier alpha value is -0.510. The number of thiophene rings is 1. The summed E-state index contributed by atoms with van der Waals surface area (Å²) in [4.78, 5) is 11.6. The van der Waals surface area contributed by atoms with Gasteiger partial charge in [-0.2, -0.15) is 0 Å². The van der Waals surface area contributed by atoms with Gasteiger partial charge < -0.3 is 0 Å². The first kappa shape index (κ1) is 9.06. The lowest BCUT2D eigenvalue weighted by atomic mass is 10.2. The molecule has 0 fully saturated rings. The molecule has 0 saturated carbocycles. The number of carbonyl (C=O) groups excluding carboxylic acids is 1. The lowest BCUT2D eigenvalue weighted by Gasteiger charge is -1.97. The van der Waals surface area contributed by atoms with Gasteiger partial charge in [0.15, 0.2) is 6.29 Å². The summed E-state index contributed by atoms with van der Waals surface area (Å²) in [6, 6.07) is 3.60. The summed E-state index contributed by atoms with van der Waals surface area (Å²) in [5, 5.41) is 3.38. The fourth-order valence-corrected chi connectivity index (χ4v) is 2.82. The van der Waals surface area contributed by atoms with Gasteiger partial charge in [-0.25, -0.2) is 0 Å². The second kappa shape index (κ2) is 3.33. The van der Waals surface area contributed by atoms with Crippen molar-refractivity contribution in [2.75, 3.05) is 0 Å². The van der Waals surface area contributed by atoms with E-state index >= 15 is 0 Å². The number of halogens is 1. The number of fused-ring (bicyclic) bond motifs is 1. The normalized spacial score (nSPS) is 10.6. The molecule has 1 aromatic carbocycles. The van der Waals surface area contributed by atoms with Gasteiger partial charge in [0.25, 0.3) is 0 Å². The SMILES string of the molecule is O=Cc1c(Cl)ccc2c(S)csc12. The van der Waals surface area contributed by atoms with Crippen LogP contribution in [0.1, 0.15) is 10.4 Å². The van der Waals surface area contributed by atoms with E-state index in [1.807, 2.05) is 11.4 Å². The molecule has 0 aliphatic rings. The van der Waals surface area contributed by atoms with Gasteiger partial charge in [0.05, 0.1) is 10.6 Å². The molecule has 0 radical (unpaired) electrons. The van der Waals surface area contributed by atoms with Crippen molar-refractivity contribution in [3.8, 4) is 0 Å². The molecule has 0 bridgehead atoms. The van der Waals surface area contributed by atoms with Gasteiger partial charge in [-0.15, -0.1) is 24.0 Å². The van der Waals surface area contributed by atoms with Crippen LogP contribution in [-0.4, -0.2) is 6.29 Å². The van der Waals surface area contributed by atoms with Gasteiger partial charge >= 0.3 is 0 Å². The van der Waals surface area contributed by atoms with E-state index < -0.39 is 0 Å². The number of hydrogen-bond donors (Lipinski definition) is 1. The van der Waals surface area contributed by atoms with Gasteiger partial charge in [-0.05, 0) is 6.07 Å². The van der Waals surface area contributed by atoms with Crippen molar-refractivity contribution in [1.82, 2.24) is 0 Å². The first-order chi connectivity index (χ1) is 6.24. The zero-order chi connectivity index (χ0) is 9.42. The van der Waals surface area contributed by atoms with Crippen molar-refractivity contribution < 1.29 is 4.79 Å². The Kier molecular flexibility index (Phi) is 2.32. The van der Waals surface area contributed by atoms with Crippen LogP contribution in [0.3, 0.4) is 0 Å². The second-order valence-corrected chi connectivity index (χ2v) is 4.35. The fraction of sp³-hybridized carbons (Fsp3) is 0. The van der Waals surface area contributed by atoms with E-state index in [0.29, 0.717) is 10.6 Å². The maximum atomic E-state index is 10.7. The van der Waals surface area contributed by atoms with Crippen molar-refractivity contribution in [3.63, 3.8) is 0 Å². The minimum absolute atomic E-state index is 0.498. The van der Waals surface area contributed by atoms with Crippen LogP contribution >= 0.6 is 35.6 Å². The largest absolute Gasteiger partial charge is 0.298 e. The van der Waals surface area contributed by atoms with Gasteiger partial charge in [0, 0.05) is 20.4 Å². The zero-order valence-corrected chi connectivity index (χ0v) is 8.92. The van der Waals surface area contributed by atoms with Crippen LogP contribution < -0.4 is 0 Å². The summed E-state index contributed by atoms with van der Waals surface area (Å²) in [5.41, 5.74) is 0.560. The van der Waals surface area contributed by atoms with Crippen molar-refractivity contribution in [2.24, 2.45) is 0 Å². The summed E-state index contributed by atoms with van der Waals surface area (Å²) >= 11 is 11.6. The van der Waals surface area contributed by atoms with Crippen LogP contribution in [-0.2, 0) is 0 Å². The Labute approximate surface area is 89.7 Å². The molecule has 0 unspecified atom stereocenters. The monoisotopic (exact) mass is 228 g/mol. The van der Waals surface area contributed by atoms with Gasteiger partial charge in [-0.1, -0.05) is 17.7 Å². The van der Waals surface area contributed by atoms with Gasteiger partial charge in [0.1, 0.15) is 0 Å².